The molecule has 0 aliphatic heterocycles. The highest BCUT2D eigenvalue weighted by Crippen LogP contribution is 2.51. The van der Waals surface area contributed by atoms with Crippen LogP contribution in [0.1, 0.15) is 30.5 Å². The standard InChI is InChI=1S/C34H20F5N/c1-33(2)24-12-5-3-9-19(24)22-17-23-20-10-4-6-16-29(20)40(30(23)18-26(22)33)32-21(11-7-13-25(32)34(37,38)39)31-27(35)14-8-15-28(31)36/h3-5,7-15,17-18H,1-2H3. The van der Waals surface area contributed by atoms with Crippen LogP contribution in [0.25, 0.3) is 49.7 Å². The zero-order valence-corrected chi connectivity index (χ0v) is 21.4. The zero-order valence-electron chi connectivity index (χ0n) is 21.4. The second-order valence-electron chi connectivity index (χ2n) is 10.6. The number of fused-ring (bicyclic) bond motifs is 6. The van der Waals surface area contributed by atoms with E-state index in [1.54, 1.807) is 12.1 Å². The fourth-order valence-corrected chi connectivity index (χ4v) is 6.23. The molecule has 0 unspecified atom stereocenters. The van der Waals surface area contributed by atoms with Crippen LogP contribution in [0.2, 0.25) is 0 Å². The lowest BCUT2D eigenvalue weighted by molar-refractivity contribution is -0.137. The SMILES string of the molecule is CC1(C)c2ccccc2-c2cc3c4ccc#cc4n(-c4c(-c5c(F)cccc5F)cccc4C(F)(F)F)c3cc21. The van der Waals surface area contributed by atoms with Gasteiger partial charge >= 0.3 is 6.18 Å². The molecule has 196 valence electrons. The van der Waals surface area contributed by atoms with E-state index in [9.17, 15) is 13.2 Å². The van der Waals surface area contributed by atoms with Crippen molar-refractivity contribution in [2.75, 3.05) is 0 Å². The maximum absolute atomic E-state index is 15.1. The van der Waals surface area contributed by atoms with E-state index in [1.807, 2.05) is 30.3 Å². The van der Waals surface area contributed by atoms with Gasteiger partial charge in [-0.3, -0.25) is 0 Å². The van der Waals surface area contributed by atoms with Gasteiger partial charge in [-0.15, -0.1) is 0 Å². The third-order valence-corrected chi connectivity index (χ3v) is 8.03. The first-order valence-corrected chi connectivity index (χ1v) is 12.7. The number of aromatic nitrogens is 1. The molecule has 0 bridgehead atoms. The Balaban J connectivity index is 1.67. The summed E-state index contributed by atoms with van der Waals surface area (Å²) in [5, 5.41) is 1.37. The summed E-state index contributed by atoms with van der Waals surface area (Å²) in [5.74, 6) is -1.90. The van der Waals surface area contributed by atoms with Crippen molar-refractivity contribution in [3.8, 4) is 27.9 Å². The molecule has 6 heteroatoms. The number of benzene rings is 4. The van der Waals surface area contributed by atoms with Gasteiger partial charge < -0.3 is 4.57 Å². The maximum Gasteiger partial charge on any atom is 0.418 e. The second-order valence-corrected chi connectivity index (χ2v) is 10.6. The summed E-state index contributed by atoms with van der Waals surface area (Å²) in [6.45, 7) is 4.17. The van der Waals surface area contributed by atoms with E-state index in [4.69, 9.17) is 0 Å². The molecule has 1 nitrogen and oxygen atoms in total. The van der Waals surface area contributed by atoms with Crippen LogP contribution in [0.3, 0.4) is 0 Å². The van der Waals surface area contributed by atoms with Crippen molar-refractivity contribution in [2.24, 2.45) is 0 Å². The normalized spacial score (nSPS) is 13.9. The van der Waals surface area contributed by atoms with Crippen molar-refractivity contribution in [3.05, 3.63) is 125 Å². The molecule has 1 aliphatic carbocycles. The predicted octanol–water partition coefficient (Wildman–Crippen LogP) is 9.65. The summed E-state index contributed by atoms with van der Waals surface area (Å²) in [6, 6.07) is 28.0. The van der Waals surface area contributed by atoms with Crippen LogP contribution in [0.15, 0.2) is 84.9 Å². The van der Waals surface area contributed by atoms with Gasteiger partial charge in [0.25, 0.3) is 0 Å². The number of para-hydroxylation sites is 1. The molecular weight excluding hydrogens is 517 g/mol. The van der Waals surface area contributed by atoms with Gasteiger partial charge in [-0.25, -0.2) is 8.78 Å². The third kappa shape index (κ3) is 3.27. The number of rotatable bonds is 2. The van der Waals surface area contributed by atoms with E-state index < -0.39 is 34.4 Å². The molecule has 0 spiro atoms. The summed E-state index contributed by atoms with van der Waals surface area (Å²) in [7, 11) is 0. The minimum atomic E-state index is -4.80. The van der Waals surface area contributed by atoms with E-state index in [0.717, 1.165) is 40.5 Å². The molecule has 6 aromatic rings. The van der Waals surface area contributed by atoms with Crippen LogP contribution < -0.4 is 0 Å². The Morgan fingerprint density at radius 1 is 0.725 bits per heavy atom. The maximum atomic E-state index is 15.1. The van der Waals surface area contributed by atoms with Gasteiger partial charge in [-0.2, -0.15) is 13.2 Å². The zero-order chi connectivity index (χ0) is 28.0. The van der Waals surface area contributed by atoms with Crippen molar-refractivity contribution < 1.29 is 22.0 Å². The minimum Gasteiger partial charge on any atom is -0.301 e. The summed E-state index contributed by atoms with van der Waals surface area (Å²) in [4.78, 5) is 0. The summed E-state index contributed by atoms with van der Waals surface area (Å²) >= 11 is 0. The highest BCUT2D eigenvalue weighted by molar-refractivity contribution is 6.11. The van der Waals surface area contributed by atoms with E-state index >= 15 is 8.78 Å². The highest BCUT2D eigenvalue weighted by Gasteiger charge is 2.39. The summed E-state index contributed by atoms with van der Waals surface area (Å²) in [5.41, 5.74) is 2.47. The molecule has 0 amide bonds. The molecular formula is C34H20F5N. The predicted molar refractivity (Wildman–Crippen MR) is 146 cm³/mol. The van der Waals surface area contributed by atoms with Gasteiger partial charge in [-0.05, 0) is 70.8 Å². The molecule has 0 radical (unpaired) electrons. The van der Waals surface area contributed by atoms with Crippen LogP contribution in [-0.2, 0) is 11.6 Å². The Morgan fingerprint density at radius 3 is 2.17 bits per heavy atom. The average molecular weight is 538 g/mol. The first kappa shape index (κ1) is 24.4. The molecule has 40 heavy (non-hydrogen) atoms. The van der Waals surface area contributed by atoms with E-state index in [-0.39, 0.29) is 11.3 Å². The first-order chi connectivity index (χ1) is 19.1. The van der Waals surface area contributed by atoms with Crippen LogP contribution in [0, 0.1) is 23.8 Å². The molecule has 7 rings (SSSR count). The Labute approximate surface area is 227 Å². The molecule has 0 fully saturated rings. The topological polar surface area (TPSA) is 4.93 Å². The average Bonchev–Trinajstić information content (AvgIpc) is 3.36. The summed E-state index contributed by atoms with van der Waals surface area (Å²) in [6.07, 6.45) is -4.80. The first-order valence-electron chi connectivity index (χ1n) is 12.7. The lowest BCUT2D eigenvalue weighted by atomic mass is 9.82. The number of hydrogen-bond donors (Lipinski definition) is 0. The van der Waals surface area contributed by atoms with Crippen molar-refractivity contribution in [2.45, 2.75) is 25.4 Å². The van der Waals surface area contributed by atoms with Crippen molar-refractivity contribution in [1.82, 2.24) is 4.57 Å². The van der Waals surface area contributed by atoms with E-state index in [2.05, 4.69) is 32.0 Å². The number of alkyl halides is 3. The summed E-state index contributed by atoms with van der Waals surface area (Å²) < 4.78 is 75.6. The largest absolute Gasteiger partial charge is 0.418 e. The Bertz CT molecular complexity index is 1970. The van der Waals surface area contributed by atoms with Gasteiger partial charge in [-0.1, -0.05) is 62.4 Å². The second kappa shape index (κ2) is 8.19. The molecule has 1 aliphatic rings. The van der Waals surface area contributed by atoms with Gasteiger partial charge in [0.2, 0.25) is 0 Å². The highest BCUT2D eigenvalue weighted by atomic mass is 19.4. The van der Waals surface area contributed by atoms with E-state index in [1.165, 1.54) is 22.8 Å². The molecule has 5 aromatic carbocycles. The third-order valence-electron chi connectivity index (χ3n) is 8.03. The lowest BCUT2D eigenvalue weighted by Gasteiger charge is -2.23. The molecule has 0 N–H and O–H groups in total. The quantitative estimate of drug-likeness (QED) is 0.194. The Morgan fingerprint density at radius 2 is 1.43 bits per heavy atom. The van der Waals surface area contributed by atoms with Crippen LogP contribution in [0.5, 0.6) is 0 Å². The van der Waals surface area contributed by atoms with Gasteiger partial charge in [0.05, 0.1) is 22.3 Å². The van der Waals surface area contributed by atoms with Crippen molar-refractivity contribution in [1.29, 1.82) is 0 Å². The fraction of sp³-hybridized carbons (Fsp3) is 0.118. The smallest absolute Gasteiger partial charge is 0.301 e. The molecule has 0 saturated heterocycles. The Hall–Kier alpha value is -4.63. The van der Waals surface area contributed by atoms with Crippen LogP contribution in [-0.4, -0.2) is 4.57 Å². The lowest BCUT2D eigenvalue weighted by Crippen LogP contribution is -2.15. The minimum absolute atomic E-state index is 0.204. The molecule has 0 saturated carbocycles. The van der Waals surface area contributed by atoms with Gasteiger partial charge in [0.1, 0.15) is 17.2 Å². The monoisotopic (exact) mass is 537 g/mol. The molecule has 1 heterocycles. The fourth-order valence-electron chi connectivity index (χ4n) is 6.23. The van der Waals surface area contributed by atoms with Crippen molar-refractivity contribution in [3.63, 3.8) is 0 Å². The van der Waals surface area contributed by atoms with Crippen LogP contribution >= 0.6 is 0 Å². The number of hydrogen-bond acceptors (Lipinski definition) is 0. The number of nitrogens with zero attached hydrogens (tertiary/aromatic N) is 1. The molecule has 0 atom stereocenters. The van der Waals surface area contributed by atoms with Crippen molar-refractivity contribution >= 4 is 21.8 Å². The number of halogens is 5. The van der Waals surface area contributed by atoms with Gasteiger partial charge in [0.15, 0.2) is 0 Å². The Kier molecular flexibility index (Phi) is 5.00. The van der Waals surface area contributed by atoms with E-state index in [0.29, 0.717) is 21.8 Å². The van der Waals surface area contributed by atoms with Gasteiger partial charge in [0, 0.05) is 21.8 Å². The van der Waals surface area contributed by atoms with Crippen LogP contribution in [0.4, 0.5) is 22.0 Å². The molecule has 1 aromatic heterocycles.